The van der Waals surface area contributed by atoms with Gasteiger partial charge in [-0.25, -0.2) is 4.79 Å². The predicted octanol–water partition coefficient (Wildman–Crippen LogP) is 2.02. The van der Waals surface area contributed by atoms with Crippen LogP contribution in [-0.2, 0) is 22.4 Å². The molecule has 1 aliphatic rings. The normalized spacial score (nSPS) is 13.8. The molecule has 0 atom stereocenters. The number of ketones is 1. The van der Waals surface area contributed by atoms with Crippen LogP contribution in [0.3, 0.4) is 0 Å². The van der Waals surface area contributed by atoms with E-state index in [1.807, 2.05) is 6.07 Å². The van der Waals surface area contributed by atoms with Crippen molar-refractivity contribution in [3.05, 3.63) is 28.8 Å². The minimum Gasteiger partial charge on any atom is -0.507 e. The number of carbonyl (C=O) groups is 2. The van der Waals surface area contributed by atoms with Crippen molar-refractivity contribution < 1.29 is 19.4 Å². The summed E-state index contributed by atoms with van der Waals surface area (Å²) in [4.78, 5) is 23.5. The molecule has 0 saturated heterocycles. The molecule has 1 aromatic carbocycles. The minimum absolute atomic E-state index is 0.130. The number of fused-ring (bicyclic) bond motifs is 1. The second-order valence-electron chi connectivity index (χ2n) is 4.35. The highest BCUT2D eigenvalue weighted by molar-refractivity contribution is 6.41. The summed E-state index contributed by atoms with van der Waals surface area (Å²) < 4.78 is 4.70. The summed E-state index contributed by atoms with van der Waals surface area (Å²) in [6.07, 6.45) is 3.66. The molecule has 0 spiro atoms. The summed E-state index contributed by atoms with van der Waals surface area (Å²) in [7, 11) is 0. The topological polar surface area (TPSA) is 63.6 Å². The predicted molar refractivity (Wildman–Crippen MR) is 65.7 cm³/mol. The standard InChI is InChI=1S/C14H16O4/c1-2-18-14(17)13(16)12-10-6-4-3-5-9(10)7-8-11(12)15/h7-8,15H,2-6H2,1H3. The van der Waals surface area contributed by atoms with Crippen molar-refractivity contribution >= 4 is 11.8 Å². The number of phenols is 1. The third-order valence-corrected chi connectivity index (χ3v) is 3.20. The lowest BCUT2D eigenvalue weighted by molar-refractivity contribution is -0.137. The summed E-state index contributed by atoms with van der Waals surface area (Å²) in [6, 6.07) is 3.31. The fraction of sp³-hybridized carbons (Fsp3) is 0.429. The zero-order valence-corrected chi connectivity index (χ0v) is 10.4. The van der Waals surface area contributed by atoms with E-state index in [1.165, 1.54) is 6.07 Å². The molecule has 4 nitrogen and oxygen atoms in total. The zero-order chi connectivity index (χ0) is 13.1. The van der Waals surface area contributed by atoms with Crippen LogP contribution >= 0.6 is 0 Å². The minimum atomic E-state index is -0.897. The summed E-state index contributed by atoms with van der Waals surface area (Å²) in [5, 5.41) is 9.83. The molecule has 0 saturated carbocycles. The van der Waals surface area contributed by atoms with Crippen molar-refractivity contribution in [2.24, 2.45) is 0 Å². The lowest BCUT2D eigenvalue weighted by Crippen LogP contribution is -2.21. The maximum absolute atomic E-state index is 12.0. The van der Waals surface area contributed by atoms with E-state index < -0.39 is 11.8 Å². The van der Waals surface area contributed by atoms with Crippen molar-refractivity contribution in [2.75, 3.05) is 6.61 Å². The van der Waals surface area contributed by atoms with E-state index in [-0.39, 0.29) is 17.9 Å². The second kappa shape index (κ2) is 5.21. The Hall–Kier alpha value is -1.84. The molecule has 1 aliphatic carbocycles. The molecule has 0 heterocycles. The number of Topliss-reactive ketones (excluding diaryl/α,β-unsaturated/α-hetero) is 1. The quantitative estimate of drug-likeness (QED) is 0.505. The van der Waals surface area contributed by atoms with Crippen molar-refractivity contribution in [1.29, 1.82) is 0 Å². The number of phenolic OH excluding ortho intramolecular Hbond substituents is 1. The van der Waals surface area contributed by atoms with Crippen molar-refractivity contribution in [3.8, 4) is 5.75 Å². The van der Waals surface area contributed by atoms with Crippen LogP contribution in [0.1, 0.15) is 41.3 Å². The number of aromatic hydroxyl groups is 1. The summed E-state index contributed by atoms with van der Waals surface area (Å²) in [5.74, 6) is -1.77. The number of carbonyl (C=O) groups excluding carboxylic acids is 2. The van der Waals surface area contributed by atoms with Gasteiger partial charge in [-0.1, -0.05) is 6.07 Å². The van der Waals surface area contributed by atoms with E-state index in [2.05, 4.69) is 0 Å². The van der Waals surface area contributed by atoms with Gasteiger partial charge in [0, 0.05) is 0 Å². The van der Waals surface area contributed by atoms with Crippen LogP contribution in [0.4, 0.5) is 0 Å². The highest BCUT2D eigenvalue weighted by Gasteiger charge is 2.26. The van der Waals surface area contributed by atoms with E-state index in [9.17, 15) is 14.7 Å². The van der Waals surface area contributed by atoms with Gasteiger partial charge >= 0.3 is 5.97 Å². The van der Waals surface area contributed by atoms with Gasteiger partial charge in [-0.05, 0) is 49.8 Å². The molecule has 96 valence electrons. The van der Waals surface area contributed by atoms with Gasteiger partial charge in [0.15, 0.2) is 0 Å². The van der Waals surface area contributed by atoms with E-state index >= 15 is 0 Å². The monoisotopic (exact) mass is 248 g/mol. The fourth-order valence-corrected chi connectivity index (χ4v) is 2.37. The highest BCUT2D eigenvalue weighted by Crippen LogP contribution is 2.31. The molecule has 0 unspecified atom stereocenters. The molecule has 0 radical (unpaired) electrons. The van der Waals surface area contributed by atoms with Gasteiger partial charge in [0.25, 0.3) is 5.78 Å². The molecule has 2 rings (SSSR count). The van der Waals surface area contributed by atoms with Gasteiger partial charge in [0.2, 0.25) is 0 Å². The Balaban J connectivity index is 2.43. The number of aryl methyl sites for hydroxylation is 1. The lowest BCUT2D eigenvalue weighted by Gasteiger charge is -2.19. The van der Waals surface area contributed by atoms with Crippen molar-refractivity contribution in [3.63, 3.8) is 0 Å². The number of benzene rings is 1. The number of hydrogen-bond acceptors (Lipinski definition) is 4. The first kappa shape index (κ1) is 12.6. The zero-order valence-electron chi connectivity index (χ0n) is 10.4. The van der Waals surface area contributed by atoms with Crippen molar-refractivity contribution in [2.45, 2.75) is 32.6 Å². The van der Waals surface area contributed by atoms with Crippen LogP contribution in [0.5, 0.6) is 5.75 Å². The van der Waals surface area contributed by atoms with Crippen LogP contribution in [0.2, 0.25) is 0 Å². The smallest absolute Gasteiger partial charge is 0.379 e. The van der Waals surface area contributed by atoms with Crippen LogP contribution < -0.4 is 0 Å². The van der Waals surface area contributed by atoms with Gasteiger partial charge in [-0.2, -0.15) is 0 Å². The SMILES string of the molecule is CCOC(=O)C(=O)c1c(O)ccc2c1CCCC2. The van der Waals surface area contributed by atoms with Gasteiger partial charge in [0.1, 0.15) is 5.75 Å². The number of hydrogen-bond donors (Lipinski definition) is 1. The van der Waals surface area contributed by atoms with E-state index in [1.54, 1.807) is 6.92 Å². The first-order chi connectivity index (χ1) is 8.65. The Kier molecular flexibility index (Phi) is 3.65. The summed E-state index contributed by atoms with van der Waals surface area (Å²) in [5.41, 5.74) is 1.98. The molecule has 0 amide bonds. The average molecular weight is 248 g/mol. The van der Waals surface area contributed by atoms with Gasteiger partial charge in [-0.3, -0.25) is 4.79 Å². The Labute approximate surface area is 106 Å². The molecular weight excluding hydrogens is 232 g/mol. The molecule has 1 N–H and O–H groups in total. The Morgan fingerprint density at radius 3 is 2.72 bits per heavy atom. The Bertz CT molecular complexity index is 491. The molecule has 0 aliphatic heterocycles. The first-order valence-electron chi connectivity index (χ1n) is 6.20. The van der Waals surface area contributed by atoms with E-state index in [0.29, 0.717) is 0 Å². The largest absolute Gasteiger partial charge is 0.507 e. The Morgan fingerprint density at radius 1 is 1.28 bits per heavy atom. The van der Waals surface area contributed by atoms with Gasteiger partial charge in [-0.15, -0.1) is 0 Å². The van der Waals surface area contributed by atoms with Crippen LogP contribution in [0.15, 0.2) is 12.1 Å². The molecule has 1 aromatic rings. The number of esters is 1. The third kappa shape index (κ3) is 2.23. The van der Waals surface area contributed by atoms with Crippen LogP contribution in [0, 0.1) is 0 Å². The van der Waals surface area contributed by atoms with Crippen LogP contribution in [-0.4, -0.2) is 23.5 Å². The van der Waals surface area contributed by atoms with Gasteiger partial charge < -0.3 is 9.84 Å². The molecular formula is C14H16O4. The number of rotatable bonds is 3. The fourth-order valence-electron chi connectivity index (χ4n) is 2.37. The molecule has 0 bridgehead atoms. The maximum atomic E-state index is 12.0. The molecule has 0 aromatic heterocycles. The third-order valence-electron chi connectivity index (χ3n) is 3.20. The van der Waals surface area contributed by atoms with Gasteiger partial charge in [0.05, 0.1) is 12.2 Å². The summed E-state index contributed by atoms with van der Waals surface area (Å²) >= 11 is 0. The van der Waals surface area contributed by atoms with Crippen molar-refractivity contribution in [1.82, 2.24) is 0 Å². The summed E-state index contributed by atoms with van der Waals surface area (Å²) in [6.45, 7) is 1.80. The Morgan fingerprint density at radius 2 is 2.00 bits per heavy atom. The molecule has 18 heavy (non-hydrogen) atoms. The second-order valence-corrected chi connectivity index (χ2v) is 4.35. The molecule has 4 heteroatoms. The van der Waals surface area contributed by atoms with Crippen LogP contribution in [0.25, 0.3) is 0 Å². The molecule has 0 fully saturated rings. The maximum Gasteiger partial charge on any atom is 0.379 e. The highest BCUT2D eigenvalue weighted by atomic mass is 16.5. The lowest BCUT2D eigenvalue weighted by atomic mass is 9.86. The first-order valence-corrected chi connectivity index (χ1v) is 6.20. The average Bonchev–Trinajstić information content (AvgIpc) is 2.38. The number of ether oxygens (including phenoxy) is 1. The van der Waals surface area contributed by atoms with E-state index in [4.69, 9.17) is 4.74 Å². The van der Waals surface area contributed by atoms with E-state index in [0.717, 1.165) is 36.8 Å².